The molecule has 1 N–H and O–H groups in total. The molecule has 1 fully saturated rings. The van der Waals surface area contributed by atoms with Crippen LogP contribution >= 0.6 is 0 Å². The molecule has 3 rings (SSSR count). The van der Waals surface area contributed by atoms with Crippen LogP contribution in [-0.2, 0) is 0 Å². The van der Waals surface area contributed by atoms with Crippen LogP contribution in [-0.4, -0.2) is 34.3 Å². The molecule has 0 aromatic carbocycles. The van der Waals surface area contributed by atoms with Gasteiger partial charge in [0.1, 0.15) is 0 Å². The van der Waals surface area contributed by atoms with Gasteiger partial charge in [0.2, 0.25) is 5.88 Å². The van der Waals surface area contributed by atoms with Crippen LogP contribution in [0.5, 0.6) is 5.88 Å². The van der Waals surface area contributed by atoms with Crippen molar-refractivity contribution in [2.45, 2.75) is 6.42 Å². The van der Waals surface area contributed by atoms with E-state index < -0.39 is 0 Å². The van der Waals surface area contributed by atoms with Crippen molar-refractivity contribution in [2.24, 2.45) is 5.92 Å². The van der Waals surface area contributed by atoms with Gasteiger partial charge >= 0.3 is 0 Å². The van der Waals surface area contributed by atoms with Crippen LogP contribution < -0.4 is 10.1 Å². The van der Waals surface area contributed by atoms with E-state index in [1.807, 2.05) is 18.3 Å². The van der Waals surface area contributed by atoms with Crippen LogP contribution in [0, 0.1) is 5.92 Å². The number of fused-ring (bicyclic) bond motifs is 1. The minimum Gasteiger partial charge on any atom is -0.476 e. The number of hydrogen-bond donors (Lipinski definition) is 1. The number of ether oxygens (including phenoxy) is 1. The van der Waals surface area contributed by atoms with E-state index in [4.69, 9.17) is 4.74 Å². The molecule has 2 aromatic rings. The van der Waals surface area contributed by atoms with Crippen molar-refractivity contribution >= 4 is 5.65 Å². The summed E-state index contributed by atoms with van der Waals surface area (Å²) in [6.45, 7) is 2.88. The monoisotopic (exact) mass is 218 g/mol. The van der Waals surface area contributed by atoms with Crippen molar-refractivity contribution < 1.29 is 4.74 Å². The minimum absolute atomic E-state index is 0.611. The van der Waals surface area contributed by atoms with Gasteiger partial charge in [-0.15, -0.1) is 5.10 Å². The molecule has 5 heteroatoms. The molecule has 1 saturated heterocycles. The number of hydrogen-bond acceptors (Lipinski definition) is 4. The Morgan fingerprint density at radius 1 is 1.50 bits per heavy atom. The number of aromatic nitrogens is 3. The fourth-order valence-electron chi connectivity index (χ4n) is 1.93. The van der Waals surface area contributed by atoms with Crippen LogP contribution in [0.2, 0.25) is 0 Å². The molecule has 84 valence electrons. The zero-order chi connectivity index (χ0) is 10.8. The summed E-state index contributed by atoms with van der Waals surface area (Å²) in [4.78, 5) is 4.13. The molecule has 0 spiro atoms. The molecule has 1 aliphatic heterocycles. The largest absolute Gasteiger partial charge is 0.476 e. The number of nitrogens with one attached hydrogen (secondary N) is 1. The second kappa shape index (κ2) is 4.09. The van der Waals surface area contributed by atoms with Gasteiger partial charge in [0, 0.05) is 30.9 Å². The van der Waals surface area contributed by atoms with E-state index in [9.17, 15) is 0 Å². The summed E-state index contributed by atoms with van der Waals surface area (Å²) in [5, 5.41) is 7.63. The summed E-state index contributed by atoms with van der Waals surface area (Å²) in [6, 6.07) is 3.78. The lowest BCUT2D eigenvalue weighted by Crippen LogP contribution is -2.16. The SMILES string of the molecule is c1cn2nc(OCC3CCNC3)ccc2n1. The molecular formula is C11H14N4O. The summed E-state index contributed by atoms with van der Waals surface area (Å²) in [5.74, 6) is 1.28. The van der Waals surface area contributed by atoms with Crippen LogP contribution in [0.4, 0.5) is 0 Å². The van der Waals surface area contributed by atoms with Crippen LogP contribution in [0.1, 0.15) is 6.42 Å². The molecule has 0 radical (unpaired) electrons. The van der Waals surface area contributed by atoms with Gasteiger partial charge in [-0.2, -0.15) is 0 Å². The Labute approximate surface area is 93.4 Å². The Bertz CT molecular complexity index is 476. The molecule has 5 nitrogen and oxygen atoms in total. The van der Waals surface area contributed by atoms with Crippen LogP contribution in [0.25, 0.3) is 5.65 Å². The Morgan fingerprint density at radius 3 is 3.38 bits per heavy atom. The highest BCUT2D eigenvalue weighted by molar-refractivity contribution is 5.37. The third kappa shape index (κ3) is 1.86. The molecule has 0 saturated carbocycles. The maximum Gasteiger partial charge on any atom is 0.231 e. The van der Waals surface area contributed by atoms with E-state index in [1.165, 1.54) is 6.42 Å². The first-order valence-electron chi connectivity index (χ1n) is 5.56. The molecule has 1 unspecified atom stereocenters. The lowest BCUT2D eigenvalue weighted by molar-refractivity contribution is 0.248. The van der Waals surface area contributed by atoms with Gasteiger partial charge in [-0.1, -0.05) is 0 Å². The van der Waals surface area contributed by atoms with E-state index in [2.05, 4.69) is 15.4 Å². The van der Waals surface area contributed by atoms with Crippen molar-refractivity contribution in [3.63, 3.8) is 0 Å². The maximum atomic E-state index is 5.67. The Morgan fingerprint density at radius 2 is 2.50 bits per heavy atom. The van der Waals surface area contributed by atoms with E-state index >= 15 is 0 Å². The standard InChI is InChI=1S/C11H14N4O/c1-2-11(14-15-6-5-13-10(1)15)16-8-9-3-4-12-7-9/h1-2,5-6,9,12H,3-4,7-8H2. The first kappa shape index (κ1) is 9.59. The smallest absolute Gasteiger partial charge is 0.231 e. The third-order valence-electron chi connectivity index (χ3n) is 2.86. The van der Waals surface area contributed by atoms with E-state index in [0.717, 1.165) is 25.3 Å². The molecular weight excluding hydrogens is 204 g/mol. The Hall–Kier alpha value is -1.62. The average Bonchev–Trinajstić information content (AvgIpc) is 2.97. The highest BCUT2D eigenvalue weighted by atomic mass is 16.5. The first-order chi connectivity index (χ1) is 7.92. The third-order valence-corrected chi connectivity index (χ3v) is 2.86. The fourth-order valence-corrected chi connectivity index (χ4v) is 1.93. The van der Waals surface area contributed by atoms with E-state index in [0.29, 0.717) is 11.8 Å². The Balaban J connectivity index is 1.68. The number of imidazole rings is 1. The summed E-state index contributed by atoms with van der Waals surface area (Å²) in [5.41, 5.74) is 0.842. The van der Waals surface area contributed by atoms with Gasteiger partial charge in [0.25, 0.3) is 0 Å². The lowest BCUT2D eigenvalue weighted by atomic mass is 10.1. The molecule has 1 aliphatic rings. The normalized spacial score (nSPS) is 20.4. The highest BCUT2D eigenvalue weighted by Crippen LogP contribution is 2.12. The molecule has 0 bridgehead atoms. The molecule has 2 aromatic heterocycles. The van der Waals surface area contributed by atoms with Gasteiger partial charge in [-0.05, 0) is 19.0 Å². The van der Waals surface area contributed by atoms with Crippen LogP contribution in [0.15, 0.2) is 24.5 Å². The van der Waals surface area contributed by atoms with Gasteiger partial charge in [-0.25, -0.2) is 9.50 Å². The predicted octanol–water partition coefficient (Wildman–Crippen LogP) is 0.718. The Kier molecular flexibility index (Phi) is 2.46. The van der Waals surface area contributed by atoms with Crippen molar-refractivity contribution in [3.05, 3.63) is 24.5 Å². The first-order valence-corrected chi connectivity index (χ1v) is 5.56. The van der Waals surface area contributed by atoms with Gasteiger partial charge in [0.05, 0.1) is 6.61 Å². The minimum atomic E-state index is 0.611. The lowest BCUT2D eigenvalue weighted by Gasteiger charge is -2.09. The summed E-state index contributed by atoms with van der Waals surface area (Å²) >= 11 is 0. The summed E-state index contributed by atoms with van der Waals surface area (Å²) < 4.78 is 7.39. The van der Waals surface area contributed by atoms with Crippen molar-refractivity contribution in [2.75, 3.05) is 19.7 Å². The van der Waals surface area contributed by atoms with Crippen molar-refractivity contribution in [3.8, 4) is 5.88 Å². The second-order valence-electron chi connectivity index (χ2n) is 4.07. The van der Waals surface area contributed by atoms with Crippen molar-refractivity contribution in [1.82, 2.24) is 19.9 Å². The second-order valence-corrected chi connectivity index (χ2v) is 4.07. The highest BCUT2D eigenvalue weighted by Gasteiger charge is 2.15. The summed E-state index contributed by atoms with van der Waals surface area (Å²) in [7, 11) is 0. The number of rotatable bonds is 3. The quantitative estimate of drug-likeness (QED) is 0.824. The van der Waals surface area contributed by atoms with Gasteiger partial charge < -0.3 is 10.1 Å². The molecule has 0 amide bonds. The molecule has 16 heavy (non-hydrogen) atoms. The van der Waals surface area contributed by atoms with Gasteiger partial charge in [-0.3, -0.25) is 0 Å². The fraction of sp³-hybridized carbons (Fsp3) is 0.455. The zero-order valence-electron chi connectivity index (χ0n) is 8.97. The maximum absolute atomic E-state index is 5.67. The topological polar surface area (TPSA) is 51.5 Å². The van der Waals surface area contributed by atoms with E-state index in [-0.39, 0.29) is 0 Å². The number of nitrogens with zero attached hydrogens (tertiary/aromatic N) is 3. The molecule has 0 aliphatic carbocycles. The van der Waals surface area contributed by atoms with Gasteiger partial charge in [0.15, 0.2) is 5.65 Å². The van der Waals surface area contributed by atoms with Crippen molar-refractivity contribution in [1.29, 1.82) is 0 Å². The van der Waals surface area contributed by atoms with Crippen LogP contribution in [0.3, 0.4) is 0 Å². The molecule has 3 heterocycles. The summed E-state index contributed by atoms with van der Waals surface area (Å²) in [6.07, 6.45) is 4.74. The zero-order valence-corrected chi connectivity index (χ0v) is 8.97. The predicted molar refractivity (Wildman–Crippen MR) is 59.5 cm³/mol. The molecule has 1 atom stereocenters. The van der Waals surface area contributed by atoms with E-state index in [1.54, 1.807) is 10.7 Å². The average molecular weight is 218 g/mol.